The number of nitrogens with zero attached hydrogens (tertiary/aromatic N) is 2. The SMILES string of the molecule is CC(C)C[C@@H](N)c1nc(Cc2cccc(F)c2)no1. The number of benzene rings is 1. The normalized spacial score (nSPS) is 12.9. The average molecular weight is 263 g/mol. The smallest absolute Gasteiger partial charge is 0.243 e. The number of hydrogen-bond acceptors (Lipinski definition) is 4. The maximum absolute atomic E-state index is 13.1. The third-order valence-electron chi connectivity index (χ3n) is 2.78. The number of nitrogens with two attached hydrogens (primary N) is 1. The van der Waals surface area contributed by atoms with Crippen molar-refractivity contribution in [1.82, 2.24) is 10.1 Å². The second kappa shape index (κ2) is 5.93. The third kappa shape index (κ3) is 3.86. The van der Waals surface area contributed by atoms with E-state index in [-0.39, 0.29) is 11.9 Å². The highest BCUT2D eigenvalue weighted by molar-refractivity contribution is 5.19. The summed E-state index contributed by atoms with van der Waals surface area (Å²) in [5, 5.41) is 3.88. The maximum Gasteiger partial charge on any atom is 0.243 e. The summed E-state index contributed by atoms with van der Waals surface area (Å²) in [7, 11) is 0. The summed E-state index contributed by atoms with van der Waals surface area (Å²) in [5.74, 6) is 1.17. The molecule has 0 unspecified atom stereocenters. The second-order valence-electron chi connectivity index (χ2n) is 5.09. The molecule has 0 aliphatic carbocycles. The van der Waals surface area contributed by atoms with Crippen molar-refractivity contribution in [2.75, 3.05) is 0 Å². The van der Waals surface area contributed by atoms with Gasteiger partial charge in [0.2, 0.25) is 5.89 Å². The van der Waals surface area contributed by atoms with Crippen molar-refractivity contribution in [2.24, 2.45) is 11.7 Å². The van der Waals surface area contributed by atoms with Gasteiger partial charge < -0.3 is 10.3 Å². The molecule has 2 aromatic rings. The molecule has 0 saturated heterocycles. The minimum Gasteiger partial charge on any atom is -0.338 e. The lowest BCUT2D eigenvalue weighted by atomic mass is 10.0. The van der Waals surface area contributed by atoms with E-state index in [0.717, 1.165) is 12.0 Å². The van der Waals surface area contributed by atoms with E-state index >= 15 is 0 Å². The fourth-order valence-electron chi connectivity index (χ4n) is 1.93. The van der Waals surface area contributed by atoms with Crippen molar-refractivity contribution >= 4 is 0 Å². The predicted octanol–water partition coefficient (Wildman–Crippen LogP) is 2.85. The zero-order valence-electron chi connectivity index (χ0n) is 11.1. The number of aromatic nitrogens is 2. The van der Waals surface area contributed by atoms with Gasteiger partial charge in [0.25, 0.3) is 0 Å². The third-order valence-corrected chi connectivity index (χ3v) is 2.78. The van der Waals surface area contributed by atoms with Crippen molar-refractivity contribution in [2.45, 2.75) is 32.7 Å². The Kier molecular flexibility index (Phi) is 4.27. The lowest BCUT2D eigenvalue weighted by Crippen LogP contribution is -2.13. The molecule has 2 N–H and O–H groups in total. The Morgan fingerprint density at radius 2 is 2.16 bits per heavy atom. The van der Waals surface area contributed by atoms with Crippen LogP contribution in [0.25, 0.3) is 0 Å². The first-order valence-corrected chi connectivity index (χ1v) is 6.37. The molecule has 0 amide bonds. The van der Waals surface area contributed by atoms with Crippen LogP contribution >= 0.6 is 0 Å². The summed E-state index contributed by atoms with van der Waals surface area (Å²) in [6.07, 6.45) is 1.23. The minimum absolute atomic E-state index is 0.242. The molecule has 1 heterocycles. The van der Waals surface area contributed by atoms with Crippen LogP contribution in [-0.4, -0.2) is 10.1 Å². The molecule has 102 valence electrons. The number of hydrogen-bond donors (Lipinski definition) is 1. The molecule has 0 aliphatic rings. The fraction of sp³-hybridized carbons (Fsp3) is 0.429. The van der Waals surface area contributed by atoms with E-state index < -0.39 is 0 Å². The Morgan fingerprint density at radius 1 is 1.37 bits per heavy atom. The molecule has 1 aromatic carbocycles. The molecular formula is C14H18FN3O. The van der Waals surface area contributed by atoms with Crippen molar-refractivity contribution < 1.29 is 8.91 Å². The van der Waals surface area contributed by atoms with Crippen molar-refractivity contribution in [3.8, 4) is 0 Å². The van der Waals surface area contributed by atoms with Gasteiger partial charge >= 0.3 is 0 Å². The number of rotatable bonds is 5. The van der Waals surface area contributed by atoms with Crippen molar-refractivity contribution in [3.05, 3.63) is 47.4 Å². The van der Waals surface area contributed by atoms with Gasteiger partial charge in [-0.15, -0.1) is 0 Å². The molecule has 0 spiro atoms. The molecular weight excluding hydrogens is 245 g/mol. The van der Waals surface area contributed by atoms with E-state index in [1.54, 1.807) is 6.07 Å². The van der Waals surface area contributed by atoms with E-state index in [2.05, 4.69) is 24.0 Å². The largest absolute Gasteiger partial charge is 0.338 e. The van der Waals surface area contributed by atoms with Crippen LogP contribution in [-0.2, 0) is 6.42 Å². The highest BCUT2D eigenvalue weighted by Crippen LogP contribution is 2.17. The summed E-state index contributed by atoms with van der Waals surface area (Å²) >= 11 is 0. The molecule has 2 rings (SSSR count). The van der Waals surface area contributed by atoms with Gasteiger partial charge in [-0.05, 0) is 30.0 Å². The standard InChI is InChI=1S/C14H18FN3O/c1-9(2)6-12(16)14-17-13(18-19-14)8-10-4-3-5-11(15)7-10/h3-5,7,9,12H,6,8,16H2,1-2H3/t12-/m1/s1. The van der Waals surface area contributed by atoms with E-state index in [1.807, 2.05) is 6.07 Å². The zero-order chi connectivity index (χ0) is 13.8. The van der Waals surface area contributed by atoms with E-state index in [1.165, 1.54) is 12.1 Å². The minimum atomic E-state index is -0.266. The van der Waals surface area contributed by atoms with Gasteiger partial charge in [-0.25, -0.2) is 4.39 Å². The Bertz CT molecular complexity index is 539. The Morgan fingerprint density at radius 3 is 2.84 bits per heavy atom. The van der Waals surface area contributed by atoms with Crippen LogP contribution in [0.2, 0.25) is 0 Å². The van der Waals surface area contributed by atoms with Crippen molar-refractivity contribution in [1.29, 1.82) is 0 Å². The predicted molar refractivity (Wildman–Crippen MR) is 69.9 cm³/mol. The van der Waals surface area contributed by atoms with Gasteiger partial charge in [-0.1, -0.05) is 31.1 Å². The maximum atomic E-state index is 13.1. The molecule has 5 heteroatoms. The lowest BCUT2D eigenvalue weighted by Gasteiger charge is -2.08. The highest BCUT2D eigenvalue weighted by atomic mass is 19.1. The highest BCUT2D eigenvalue weighted by Gasteiger charge is 2.16. The van der Waals surface area contributed by atoms with Gasteiger partial charge in [-0.2, -0.15) is 4.98 Å². The molecule has 0 fully saturated rings. The van der Waals surface area contributed by atoms with Crippen LogP contribution in [0.15, 0.2) is 28.8 Å². The number of halogens is 1. The molecule has 1 atom stereocenters. The summed E-state index contributed by atoms with van der Waals surface area (Å²) in [5.41, 5.74) is 6.78. The van der Waals surface area contributed by atoms with Crippen molar-refractivity contribution in [3.63, 3.8) is 0 Å². The Balaban J connectivity index is 2.05. The molecule has 4 nitrogen and oxygen atoms in total. The lowest BCUT2D eigenvalue weighted by molar-refractivity contribution is 0.333. The van der Waals surface area contributed by atoms with Crippen LogP contribution in [0.5, 0.6) is 0 Å². The van der Waals surface area contributed by atoms with E-state index in [0.29, 0.717) is 24.1 Å². The first-order valence-electron chi connectivity index (χ1n) is 6.37. The van der Waals surface area contributed by atoms with E-state index in [9.17, 15) is 4.39 Å². The summed E-state index contributed by atoms with van der Waals surface area (Å²) in [6, 6.07) is 6.12. The molecule has 19 heavy (non-hydrogen) atoms. The molecule has 0 bridgehead atoms. The average Bonchev–Trinajstić information content (AvgIpc) is 2.76. The quantitative estimate of drug-likeness (QED) is 0.900. The summed E-state index contributed by atoms with van der Waals surface area (Å²) in [6.45, 7) is 4.17. The second-order valence-corrected chi connectivity index (χ2v) is 5.09. The van der Waals surface area contributed by atoms with Crippen LogP contribution in [0, 0.1) is 11.7 Å². The van der Waals surface area contributed by atoms with Gasteiger partial charge in [0.15, 0.2) is 5.82 Å². The van der Waals surface area contributed by atoms with E-state index in [4.69, 9.17) is 10.3 Å². The van der Waals surface area contributed by atoms with Crippen LogP contribution in [0.3, 0.4) is 0 Å². The Hall–Kier alpha value is -1.75. The first kappa shape index (κ1) is 13.7. The topological polar surface area (TPSA) is 64.9 Å². The molecule has 1 aromatic heterocycles. The van der Waals surface area contributed by atoms with Gasteiger partial charge in [0.1, 0.15) is 5.82 Å². The van der Waals surface area contributed by atoms with Crippen LogP contribution in [0.4, 0.5) is 4.39 Å². The summed E-state index contributed by atoms with van der Waals surface area (Å²) in [4.78, 5) is 4.26. The fourth-order valence-corrected chi connectivity index (χ4v) is 1.93. The van der Waals surface area contributed by atoms with Gasteiger partial charge in [0, 0.05) is 6.42 Å². The molecule has 0 radical (unpaired) electrons. The monoisotopic (exact) mass is 263 g/mol. The molecule has 0 aliphatic heterocycles. The van der Waals surface area contributed by atoms with Crippen LogP contribution in [0.1, 0.15) is 43.6 Å². The van der Waals surface area contributed by atoms with Gasteiger partial charge in [-0.3, -0.25) is 0 Å². The molecule has 0 saturated carbocycles. The first-order chi connectivity index (χ1) is 9.04. The zero-order valence-corrected chi connectivity index (χ0v) is 11.1. The van der Waals surface area contributed by atoms with Crippen LogP contribution < -0.4 is 5.73 Å². The summed E-state index contributed by atoms with van der Waals surface area (Å²) < 4.78 is 18.2. The van der Waals surface area contributed by atoms with Gasteiger partial charge in [0.05, 0.1) is 6.04 Å². The Labute approximate surface area is 111 Å².